The molecule has 130 valence electrons. The second kappa shape index (κ2) is 10.7. The van der Waals surface area contributed by atoms with E-state index < -0.39 is 12.0 Å². The molecule has 0 saturated carbocycles. The lowest BCUT2D eigenvalue weighted by Crippen LogP contribution is -2.29. The van der Waals surface area contributed by atoms with Crippen molar-refractivity contribution in [2.24, 2.45) is 5.73 Å². The van der Waals surface area contributed by atoms with Crippen molar-refractivity contribution in [2.75, 3.05) is 6.61 Å². The lowest BCUT2D eigenvalue weighted by atomic mass is 10.1. The summed E-state index contributed by atoms with van der Waals surface area (Å²) in [5.41, 5.74) is 5.44. The number of carbonyl (C=O) groups is 1. The summed E-state index contributed by atoms with van der Waals surface area (Å²) in [6.45, 7) is 0.533. The van der Waals surface area contributed by atoms with Crippen LogP contribution < -0.4 is 15.2 Å². The maximum Gasteiger partial charge on any atom is 0.320 e. The molecular formula is C18H22BrNO4. The number of rotatable bonds is 9. The minimum absolute atomic E-state index is 0. The lowest BCUT2D eigenvalue weighted by Gasteiger charge is -2.09. The molecule has 0 bridgehead atoms. The van der Waals surface area contributed by atoms with E-state index in [4.69, 9.17) is 20.3 Å². The molecule has 6 heteroatoms. The van der Waals surface area contributed by atoms with Crippen molar-refractivity contribution in [3.63, 3.8) is 0 Å². The Kier molecular flexibility index (Phi) is 8.89. The van der Waals surface area contributed by atoms with Gasteiger partial charge in [0.2, 0.25) is 0 Å². The zero-order valence-electron chi connectivity index (χ0n) is 13.3. The highest BCUT2D eigenvalue weighted by Gasteiger charge is 2.09. The van der Waals surface area contributed by atoms with Crippen molar-refractivity contribution < 1.29 is 19.4 Å². The van der Waals surface area contributed by atoms with Crippen LogP contribution in [0.25, 0.3) is 0 Å². The summed E-state index contributed by atoms with van der Waals surface area (Å²) in [4.78, 5) is 10.6. The Morgan fingerprint density at radius 3 is 2.17 bits per heavy atom. The number of unbranched alkanes of at least 4 members (excludes halogenated alkanes) is 1. The van der Waals surface area contributed by atoms with Gasteiger partial charge in [-0.05, 0) is 55.7 Å². The van der Waals surface area contributed by atoms with E-state index in [-0.39, 0.29) is 17.0 Å². The second-order valence-electron chi connectivity index (χ2n) is 5.18. The summed E-state index contributed by atoms with van der Waals surface area (Å²) in [6, 6.07) is 16.2. The fourth-order valence-electron chi connectivity index (χ4n) is 2.01. The van der Waals surface area contributed by atoms with Crippen molar-refractivity contribution in [1.29, 1.82) is 0 Å². The molecule has 0 aliphatic carbocycles. The van der Waals surface area contributed by atoms with E-state index in [2.05, 4.69) is 0 Å². The smallest absolute Gasteiger partial charge is 0.320 e. The molecule has 0 aliphatic rings. The van der Waals surface area contributed by atoms with Gasteiger partial charge in [-0.1, -0.05) is 18.2 Å². The average molecular weight is 396 g/mol. The summed E-state index contributed by atoms with van der Waals surface area (Å²) < 4.78 is 11.3. The number of aliphatic carboxylic acids is 1. The molecule has 0 amide bonds. The number of nitrogens with two attached hydrogens (primary N) is 1. The van der Waals surface area contributed by atoms with Crippen LogP contribution in [-0.4, -0.2) is 23.7 Å². The third kappa shape index (κ3) is 7.02. The van der Waals surface area contributed by atoms with Crippen molar-refractivity contribution in [3.05, 3.63) is 54.6 Å². The summed E-state index contributed by atoms with van der Waals surface area (Å²) in [6.07, 6.45) is 1.95. The SMILES string of the molecule is Br.N[C@@H](CCCCOc1ccc(Oc2ccccc2)cc1)C(=O)O. The van der Waals surface area contributed by atoms with E-state index in [1.54, 1.807) is 0 Å². The highest BCUT2D eigenvalue weighted by atomic mass is 79.9. The first-order valence-corrected chi connectivity index (χ1v) is 7.59. The van der Waals surface area contributed by atoms with Crippen LogP contribution in [0.5, 0.6) is 17.2 Å². The summed E-state index contributed by atoms with van der Waals surface area (Å²) in [5.74, 6) is 1.33. The molecule has 5 nitrogen and oxygen atoms in total. The first-order valence-electron chi connectivity index (χ1n) is 7.59. The number of carboxylic acid groups (broad SMARTS) is 1. The van der Waals surface area contributed by atoms with Gasteiger partial charge >= 0.3 is 5.97 Å². The van der Waals surface area contributed by atoms with Gasteiger partial charge in [0.05, 0.1) is 6.61 Å². The van der Waals surface area contributed by atoms with Crippen LogP contribution in [0.4, 0.5) is 0 Å². The molecule has 0 saturated heterocycles. The fourth-order valence-corrected chi connectivity index (χ4v) is 2.01. The Morgan fingerprint density at radius 2 is 1.54 bits per heavy atom. The van der Waals surface area contributed by atoms with E-state index >= 15 is 0 Å². The molecule has 2 rings (SSSR count). The van der Waals surface area contributed by atoms with Crippen molar-refractivity contribution >= 4 is 23.0 Å². The van der Waals surface area contributed by atoms with Gasteiger partial charge in [0, 0.05) is 0 Å². The highest BCUT2D eigenvalue weighted by Crippen LogP contribution is 2.23. The molecule has 0 fully saturated rings. The maximum absolute atomic E-state index is 10.6. The van der Waals surface area contributed by atoms with E-state index in [9.17, 15) is 4.79 Å². The van der Waals surface area contributed by atoms with Crippen LogP contribution in [-0.2, 0) is 4.79 Å². The summed E-state index contributed by atoms with van der Waals surface area (Å²) >= 11 is 0. The van der Waals surface area contributed by atoms with E-state index in [1.165, 1.54) is 0 Å². The Labute approximate surface area is 152 Å². The number of benzene rings is 2. The van der Waals surface area contributed by atoms with Gasteiger partial charge in [-0.25, -0.2) is 0 Å². The molecule has 0 aromatic heterocycles. The van der Waals surface area contributed by atoms with E-state index in [1.807, 2.05) is 54.6 Å². The number of hydrogen-bond donors (Lipinski definition) is 2. The van der Waals surface area contributed by atoms with Crippen molar-refractivity contribution in [3.8, 4) is 17.2 Å². The van der Waals surface area contributed by atoms with Crippen LogP contribution in [0.2, 0.25) is 0 Å². The zero-order chi connectivity index (χ0) is 16.5. The molecule has 0 radical (unpaired) electrons. The summed E-state index contributed by atoms with van der Waals surface area (Å²) in [7, 11) is 0. The van der Waals surface area contributed by atoms with Crippen LogP contribution in [0, 0.1) is 0 Å². The van der Waals surface area contributed by atoms with Crippen molar-refractivity contribution in [1.82, 2.24) is 0 Å². The first kappa shape index (κ1) is 20.0. The lowest BCUT2D eigenvalue weighted by molar-refractivity contribution is -0.138. The molecular weight excluding hydrogens is 374 g/mol. The van der Waals surface area contributed by atoms with Gasteiger partial charge in [0.25, 0.3) is 0 Å². The third-order valence-electron chi connectivity index (χ3n) is 3.30. The number of ether oxygens (including phenoxy) is 2. The second-order valence-corrected chi connectivity index (χ2v) is 5.18. The van der Waals surface area contributed by atoms with Crippen LogP contribution >= 0.6 is 17.0 Å². The quantitative estimate of drug-likeness (QED) is 0.626. The minimum Gasteiger partial charge on any atom is -0.494 e. The van der Waals surface area contributed by atoms with E-state index in [0.29, 0.717) is 13.0 Å². The maximum atomic E-state index is 10.6. The number of carboxylic acids is 1. The molecule has 1 atom stereocenters. The molecule has 0 spiro atoms. The number of hydrogen-bond acceptors (Lipinski definition) is 4. The largest absolute Gasteiger partial charge is 0.494 e. The third-order valence-corrected chi connectivity index (χ3v) is 3.30. The van der Waals surface area contributed by atoms with Gasteiger partial charge in [-0.3, -0.25) is 4.79 Å². The van der Waals surface area contributed by atoms with Gasteiger partial charge in [0.1, 0.15) is 23.3 Å². The molecule has 2 aromatic rings. The molecule has 24 heavy (non-hydrogen) atoms. The Hall–Kier alpha value is -2.05. The Balaban J connectivity index is 0.00000288. The number of halogens is 1. The van der Waals surface area contributed by atoms with Gasteiger partial charge in [0.15, 0.2) is 0 Å². The Morgan fingerprint density at radius 1 is 0.958 bits per heavy atom. The average Bonchev–Trinajstić information content (AvgIpc) is 2.56. The standard InChI is InChI=1S/C18H21NO4.BrH/c19-17(18(20)21)8-4-5-13-22-14-9-11-16(12-10-14)23-15-6-2-1-3-7-15;/h1-3,6-7,9-12,17H,4-5,8,13,19H2,(H,20,21);1H/t17-;/m0./s1. The molecule has 0 aliphatic heterocycles. The summed E-state index contributed by atoms with van der Waals surface area (Å²) in [5, 5.41) is 8.68. The van der Waals surface area contributed by atoms with Gasteiger partial charge in [-0.15, -0.1) is 17.0 Å². The first-order chi connectivity index (χ1) is 11.1. The van der Waals surface area contributed by atoms with E-state index in [0.717, 1.165) is 30.1 Å². The van der Waals surface area contributed by atoms with Crippen LogP contribution in [0.15, 0.2) is 54.6 Å². The highest BCUT2D eigenvalue weighted by molar-refractivity contribution is 8.93. The predicted octanol–water partition coefficient (Wildman–Crippen LogP) is 4.02. The normalized spacial score (nSPS) is 11.2. The Bertz CT molecular complexity index is 604. The topological polar surface area (TPSA) is 81.8 Å². The molecule has 2 aromatic carbocycles. The number of para-hydroxylation sites is 1. The predicted molar refractivity (Wildman–Crippen MR) is 98.2 cm³/mol. The minimum atomic E-state index is -0.958. The fraction of sp³-hybridized carbons (Fsp3) is 0.278. The van der Waals surface area contributed by atoms with Crippen LogP contribution in [0.3, 0.4) is 0 Å². The molecule has 0 unspecified atom stereocenters. The molecule has 3 N–H and O–H groups in total. The van der Waals surface area contributed by atoms with Crippen molar-refractivity contribution in [2.45, 2.75) is 25.3 Å². The monoisotopic (exact) mass is 395 g/mol. The van der Waals surface area contributed by atoms with Gasteiger partial charge < -0.3 is 20.3 Å². The van der Waals surface area contributed by atoms with Crippen LogP contribution in [0.1, 0.15) is 19.3 Å². The van der Waals surface area contributed by atoms with Gasteiger partial charge in [-0.2, -0.15) is 0 Å². The zero-order valence-corrected chi connectivity index (χ0v) is 15.0. The molecule has 0 heterocycles.